The monoisotopic (exact) mass is 261 g/mol. The lowest BCUT2D eigenvalue weighted by Gasteiger charge is -2.10. The van der Waals surface area contributed by atoms with Crippen molar-refractivity contribution >= 4 is 11.9 Å². The van der Waals surface area contributed by atoms with Crippen molar-refractivity contribution in [3.8, 4) is 0 Å². The molecule has 0 spiro atoms. The molecule has 0 saturated carbocycles. The van der Waals surface area contributed by atoms with Crippen molar-refractivity contribution in [2.24, 2.45) is 0 Å². The standard InChI is InChI=1S/C10H10F3N3O2/c11-10(12,13)6-14-9(18)16-15-8(17)7-4-2-1-3-5-7/h1-5H,6H2,(H,15,17)(H2,14,16,18). The molecule has 0 saturated heterocycles. The van der Waals surface area contributed by atoms with Gasteiger partial charge in [0.1, 0.15) is 6.54 Å². The molecule has 0 aliphatic carbocycles. The number of hydrogen-bond acceptors (Lipinski definition) is 2. The summed E-state index contributed by atoms with van der Waals surface area (Å²) in [6, 6.07) is 6.75. The zero-order valence-corrected chi connectivity index (χ0v) is 9.04. The van der Waals surface area contributed by atoms with E-state index in [1.54, 1.807) is 23.6 Å². The Hall–Kier alpha value is -2.25. The SMILES string of the molecule is O=C(NCC(F)(F)F)NNC(=O)c1ccccc1. The number of carbonyl (C=O) groups is 2. The minimum Gasteiger partial charge on any atom is -0.328 e. The number of benzene rings is 1. The Kier molecular flexibility index (Phi) is 4.52. The largest absolute Gasteiger partial charge is 0.405 e. The van der Waals surface area contributed by atoms with E-state index in [2.05, 4.69) is 0 Å². The van der Waals surface area contributed by atoms with Crippen molar-refractivity contribution in [3.05, 3.63) is 35.9 Å². The average molecular weight is 261 g/mol. The molecular formula is C10H10F3N3O2. The molecule has 18 heavy (non-hydrogen) atoms. The number of alkyl halides is 3. The second-order valence-electron chi connectivity index (χ2n) is 3.24. The fraction of sp³-hybridized carbons (Fsp3) is 0.200. The summed E-state index contributed by atoms with van der Waals surface area (Å²) in [4.78, 5) is 22.3. The summed E-state index contributed by atoms with van der Waals surface area (Å²) >= 11 is 0. The van der Waals surface area contributed by atoms with E-state index in [0.717, 1.165) is 0 Å². The van der Waals surface area contributed by atoms with Gasteiger partial charge in [0.05, 0.1) is 0 Å². The predicted octanol–water partition coefficient (Wildman–Crippen LogP) is 1.19. The summed E-state index contributed by atoms with van der Waals surface area (Å²) in [7, 11) is 0. The Morgan fingerprint density at radius 3 is 2.22 bits per heavy atom. The number of urea groups is 1. The number of nitrogens with one attached hydrogen (secondary N) is 3. The molecule has 0 heterocycles. The molecule has 0 aliphatic rings. The van der Waals surface area contributed by atoms with Gasteiger partial charge in [-0.1, -0.05) is 18.2 Å². The van der Waals surface area contributed by atoms with Crippen molar-refractivity contribution in [2.45, 2.75) is 6.18 Å². The van der Waals surface area contributed by atoms with Crippen LogP contribution in [0.2, 0.25) is 0 Å². The number of hydrogen-bond donors (Lipinski definition) is 3. The topological polar surface area (TPSA) is 70.2 Å². The molecule has 1 aromatic rings. The van der Waals surface area contributed by atoms with E-state index in [9.17, 15) is 22.8 Å². The molecule has 0 bridgehead atoms. The fourth-order valence-corrected chi connectivity index (χ4v) is 1.000. The van der Waals surface area contributed by atoms with Gasteiger partial charge in [-0.05, 0) is 12.1 Å². The number of halogens is 3. The Balaban J connectivity index is 2.33. The van der Waals surface area contributed by atoms with E-state index in [4.69, 9.17) is 0 Å². The van der Waals surface area contributed by atoms with Crippen molar-refractivity contribution < 1.29 is 22.8 Å². The van der Waals surface area contributed by atoms with Gasteiger partial charge in [-0.15, -0.1) is 0 Å². The van der Waals surface area contributed by atoms with E-state index in [0.29, 0.717) is 0 Å². The lowest BCUT2D eigenvalue weighted by molar-refractivity contribution is -0.122. The van der Waals surface area contributed by atoms with E-state index in [-0.39, 0.29) is 5.56 Å². The molecule has 0 radical (unpaired) electrons. The van der Waals surface area contributed by atoms with Crippen LogP contribution in [0.3, 0.4) is 0 Å². The summed E-state index contributed by atoms with van der Waals surface area (Å²) in [6.07, 6.45) is -4.50. The Morgan fingerprint density at radius 1 is 1.06 bits per heavy atom. The molecule has 3 amide bonds. The first-order chi connectivity index (χ1) is 8.38. The minimum atomic E-state index is -4.50. The van der Waals surface area contributed by atoms with Crippen LogP contribution in [0.1, 0.15) is 10.4 Å². The van der Waals surface area contributed by atoms with Crippen molar-refractivity contribution in [1.82, 2.24) is 16.2 Å². The third kappa shape index (κ3) is 5.19. The maximum atomic E-state index is 11.7. The zero-order chi connectivity index (χ0) is 13.6. The smallest absolute Gasteiger partial charge is 0.328 e. The quantitative estimate of drug-likeness (QED) is 0.700. The van der Waals surface area contributed by atoms with Gasteiger partial charge in [-0.25, -0.2) is 10.2 Å². The number of carbonyl (C=O) groups excluding carboxylic acids is 2. The second-order valence-corrected chi connectivity index (χ2v) is 3.24. The molecule has 0 atom stereocenters. The molecule has 8 heteroatoms. The van der Waals surface area contributed by atoms with Crippen LogP contribution in [0.15, 0.2) is 30.3 Å². The summed E-state index contributed by atoms with van der Waals surface area (Å²) in [5, 5.41) is 1.54. The highest BCUT2D eigenvalue weighted by molar-refractivity contribution is 5.95. The van der Waals surface area contributed by atoms with E-state index < -0.39 is 24.7 Å². The van der Waals surface area contributed by atoms with Crippen molar-refractivity contribution in [2.75, 3.05) is 6.54 Å². The highest BCUT2D eigenvalue weighted by atomic mass is 19.4. The maximum Gasteiger partial charge on any atom is 0.405 e. The third-order valence-corrected chi connectivity index (χ3v) is 1.77. The van der Waals surface area contributed by atoms with Crippen LogP contribution in [-0.2, 0) is 0 Å². The third-order valence-electron chi connectivity index (χ3n) is 1.77. The zero-order valence-electron chi connectivity index (χ0n) is 9.04. The van der Waals surface area contributed by atoms with Gasteiger partial charge in [-0.3, -0.25) is 10.2 Å². The van der Waals surface area contributed by atoms with Crippen LogP contribution in [0, 0.1) is 0 Å². The van der Waals surface area contributed by atoms with Crippen molar-refractivity contribution in [1.29, 1.82) is 0 Å². The Labute approximate surface area is 100 Å². The number of amides is 3. The molecule has 1 aromatic carbocycles. The van der Waals surface area contributed by atoms with Gasteiger partial charge in [0.15, 0.2) is 0 Å². The second kappa shape index (κ2) is 5.89. The van der Waals surface area contributed by atoms with E-state index in [1.807, 2.05) is 5.43 Å². The first-order valence-electron chi connectivity index (χ1n) is 4.84. The lowest BCUT2D eigenvalue weighted by Crippen LogP contribution is -2.48. The van der Waals surface area contributed by atoms with Crippen LogP contribution in [0.25, 0.3) is 0 Å². The van der Waals surface area contributed by atoms with Gasteiger partial charge in [0.25, 0.3) is 5.91 Å². The van der Waals surface area contributed by atoms with Gasteiger partial charge >= 0.3 is 12.2 Å². The first-order valence-corrected chi connectivity index (χ1v) is 4.84. The molecule has 0 fully saturated rings. The summed E-state index contributed by atoms with van der Waals surface area (Å²) in [6.45, 7) is -1.47. The Morgan fingerprint density at radius 2 is 1.67 bits per heavy atom. The molecule has 0 unspecified atom stereocenters. The van der Waals surface area contributed by atoms with Gasteiger partial charge in [0.2, 0.25) is 0 Å². The van der Waals surface area contributed by atoms with Gasteiger partial charge in [0, 0.05) is 5.56 Å². The molecule has 98 valence electrons. The fourth-order valence-electron chi connectivity index (χ4n) is 1.000. The number of hydrazine groups is 1. The molecule has 0 aromatic heterocycles. The highest BCUT2D eigenvalue weighted by Crippen LogP contribution is 2.11. The summed E-state index contributed by atoms with van der Waals surface area (Å²) in [5.41, 5.74) is 4.04. The van der Waals surface area contributed by atoms with Crippen LogP contribution in [0.4, 0.5) is 18.0 Å². The molecule has 1 rings (SSSR count). The average Bonchev–Trinajstić information content (AvgIpc) is 2.33. The highest BCUT2D eigenvalue weighted by Gasteiger charge is 2.27. The molecular weight excluding hydrogens is 251 g/mol. The molecule has 5 nitrogen and oxygen atoms in total. The normalized spacial score (nSPS) is 10.6. The molecule has 0 aliphatic heterocycles. The van der Waals surface area contributed by atoms with Gasteiger partial charge < -0.3 is 5.32 Å². The van der Waals surface area contributed by atoms with E-state index >= 15 is 0 Å². The predicted molar refractivity (Wildman–Crippen MR) is 56.5 cm³/mol. The summed E-state index contributed by atoms with van der Waals surface area (Å²) < 4.78 is 35.2. The lowest BCUT2D eigenvalue weighted by atomic mass is 10.2. The molecule has 3 N–H and O–H groups in total. The summed E-state index contributed by atoms with van der Waals surface area (Å²) in [5.74, 6) is -0.627. The van der Waals surface area contributed by atoms with Crippen LogP contribution >= 0.6 is 0 Å². The first kappa shape index (κ1) is 13.8. The maximum absolute atomic E-state index is 11.7. The van der Waals surface area contributed by atoms with Crippen LogP contribution in [0.5, 0.6) is 0 Å². The number of rotatable bonds is 2. The van der Waals surface area contributed by atoms with Crippen LogP contribution in [-0.4, -0.2) is 24.7 Å². The minimum absolute atomic E-state index is 0.272. The Bertz CT molecular complexity index is 420. The van der Waals surface area contributed by atoms with Crippen LogP contribution < -0.4 is 16.2 Å². The van der Waals surface area contributed by atoms with E-state index in [1.165, 1.54) is 17.4 Å². The van der Waals surface area contributed by atoms with Crippen molar-refractivity contribution in [3.63, 3.8) is 0 Å². The van der Waals surface area contributed by atoms with Gasteiger partial charge in [-0.2, -0.15) is 13.2 Å².